The zero-order valence-corrected chi connectivity index (χ0v) is 12.9. The molecule has 0 radical (unpaired) electrons. The van der Waals surface area contributed by atoms with Gasteiger partial charge in [0.05, 0.1) is 0 Å². The third-order valence-corrected chi connectivity index (χ3v) is 3.47. The summed E-state index contributed by atoms with van der Waals surface area (Å²) in [6.07, 6.45) is -4.95. The highest BCUT2D eigenvalue weighted by molar-refractivity contribution is 9.10. The van der Waals surface area contributed by atoms with Gasteiger partial charge in [0.1, 0.15) is 5.52 Å². The molecular weight excluding hydrogens is 377 g/mol. The average Bonchev–Trinajstić information content (AvgIpc) is 2.89. The maximum absolute atomic E-state index is 12.3. The first-order chi connectivity index (χ1) is 10.8. The van der Waals surface area contributed by atoms with Crippen LogP contribution in [0.4, 0.5) is 18.9 Å². The van der Waals surface area contributed by atoms with Gasteiger partial charge in [0, 0.05) is 21.8 Å². The highest BCUT2D eigenvalue weighted by Gasteiger charge is 2.38. The lowest BCUT2D eigenvalue weighted by molar-refractivity contribution is -0.167. The molecular formula is C15H8BrF3N2O2. The van der Waals surface area contributed by atoms with Crippen LogP contribution in [0.15, 0.2) is 51.4 Å². The Morgan fingerprint density at radius 3 is 2.65 bits per heavy atom. The number of hydrogen-bond donors (Lipinski definition) is 1. The van der Waals surface area contributed by atoms with E-state index in [9.17, 15) is 18.0 Å². The van der Waals surface area contributed by atoms with Gasteiger partial charge in [0.2, 0.25) is 5.89 Å². The van der Waals surface area contributed by atoms with Crippen molar-refractivity contribution in [3.8, 4) is 11.5 Å². The van der Waals surface area contributed by atoms with E-state index in [0.717, 1.165) is 10.0 Å². The normalized spacial score (nSPS) is 11.7. The van der Waals surface area contributed by atoms with Crippen LogP contribution in [-0.2, 0) is 4.79 Å². The van der Waals surface area contributed by atoms with Crippen molar-refractivity contribution in [1.82, 2.24) is 4.98 Å². The molecule has 1 heterocycles. The van der Waals surface area contributed by atoms with Crippen LogP contribution in [-0.4, -0.2) is 17.1 Å². The van der Waals surface area contributed by atoms with E-state index < -0.39 is 12.1 Å². The summed E-state index contributed by atoms with van der Waals surface area (Å²) in [7, 11) is 0. The number of alkyl halides is 3. The van der Waals surface area contributed by atoms with Gasteiger partial charge in [-0.15, -0.1) is 0 Å². The molecule has 0 aliphatic rings. The summed E-state index contributed by atoms with van der Waals surface area (Å²) in [5, 5.41) is 1.77. The van der Waals surface area contributed by atoms with Gasteiger partial charge in [-0.05, 0) is 30.3 Å². The lowest BCUT2D eigenvalue weighted by Crippen LogP contribution is -2.29. The zero-order valence-electron chi connectivity index (χ0n) is 11.3. The van der Waals surface area contributed by atoms with Gasteiger partial charge in [-0.2, -0.15) is 13.2 Å². The molecule has 0 atom stereocenters. The third-order valence-electron chi connectivity index (χ3n) is 2.98. The molecule has 0 spiro atoms. The van der Waals surface area contributed by atoms with Crippen LogP contribution in [0.3, 0.4) is 0 Å². The maximum atomic E-state index is 12.3. The number of carbonyl (C=O) groups excluding carboxylic acids is 1. The number of rotatable bonds is 2. The van der Waals surface area contributed by atoms with Gasteiger partial charge in [0.15, 0.2) is 5.58 Å². The molecule has 8 heteroatoms. The van der Waals surface area contributed by atoms with E-state index >= 15 is 0 Å². The number of aromatic nitrogens is 1. The first-order valence-electron chi connectivity index (χ1n) is 6.37. The van der Waals surface area contributed by atoms with Gasteiger partial charge in [-0.3, -0.25) is 4.79 Å². The van der Waals surface area contributed by atoms with Crippen molar-refractivity contribution in [3.63, 3.8) is 0 Å². The topological polar surface area (TPSA) is 55.1 Å². The second kappa shape index (κ2) is 5.69. The largest absolute Gasteiger partial charge is 0.471 e. The highest BCUT2D eigenvalue weighted by atomic mass is 79.9. The molecule has 1 N–H and O–H groups in total. The number of nitrogens with zero attached hydrogens (tertiary/aromatic N) is 1. The van der Waals surface area contributed by atoms with Crippen molar-refractivity contribution in [3.05, 3.63) is 46.9 Å². The Kier molecular flexibility index (Phi) is 3.85. The molecule has 4 nitrogen and oxygen atoms in total. The second-order valence-electron chi connectivity index (χ2n) is 4.66. The van der Waals surface area contributed by atoms with Crippen LogP contribution in [0.5, 0.6) is 0 Å². The first-order valence-corrected chi connectivity index (χ1v) is 7.17. The van der Waals surface area contributed by atoms with Crippen LogP contribution < -0.4 is 5.32 Å². The molecule has 3 aromatic rings. The fourth-order valence-electron chi connectivity index (χ4n) is 1.95. The summed E-state index contributed by atoms with van der Waals surface area (Å²) in [6.45, 7) is 0. The van der Waals surface area contributed by atoms with E-state index in [1.165, 1.54) is 18.2 Å². The van der Waals surface area contributed by atoms with Crippen LogP contribution in [0.1, 0.15) is 0 Å². The minimum absolute atomic E-state index is 0.0169. The lowest BCUT2D eigenvalue weighted by Gasteiger charge is -2.07. The lowest BCUT2D eigenvalue weighted by atomic mass is 10.2. The maximum Gasteiger partial charge on any atom is 0.471 e. The Labute approximate surface area is 136 Å². The molecule has 1 aromatic heterocycles. The minimum Gasteiger partial charge on any atom is -0.436 e. The predicted octanol–water partition coefficient (Wildman–Crippen LogP) is 4.76. The number of oxazole rings is 1. The molecule has 0 aliphatic carbocycles. The molecule has 0 saturated heterocycles. The van der Waals surface area contributed by atoms with E-state index in [1.54, 1.807) is 17.4 Å². The Morgan fingerprint density at radius 1 is 1.17 bits per heavy atom. The number of halogens is 4. The van der Waals surface area contributed by atoms with Crippen LogP contribution >= 0.6 is 15.9 Å². The SMILES string of the molecule is O=C(Nc1ccc2nc(-c3cccc(Br)c3)oc2c1)C(F)(F)F. The molecule has 0 saturated carbocycles. The van der Waals surface area contributed by atoms with Crippen LogP contribution in [0, 0.1) is 0 Å². The molecule has 118 valence electrons. The number of hydrogen-bond acceptors (Lipinski definition) is 3. The third kappa shape index (κ3) is 3.37. The molecule has 0 unspecified atom stereocenters. The monoisotopic (exact) mass is 384 g/mol. The summed E-state index contributed by atoms with van der Waals surface area (Å²) in [5.41, 5.74) is 1.46. The van der Waals surface area contributed by atoms with E-state index in [-0.39, 0.29) is 11.3 Å². The Morgan fingerprint density at radius 2 is 1.96 bits per heavy atom. The molecule has 2 aromatic carbocycles. The summed E-state index contributed by atoms with van der Waals surface area (Å²) in [5.74, 6) is -1.70. The Hall–Kier alpha value is -2.35. The molecule has 23 heavy (non-hydrogen) atoms. The molecule has 0 fully saturated rings. The highest BCUT2D eigenvalue weighted by Crippen LogP contribution is 2.28. The van der Waals surface area contributed by atoms with Gasteiger partial charge in [0.25, 0.3) is 0 Å². The number of benzene rings is 2. The van der Waals surface area contributed by atoms with Crippen molar-refractivity contribution in [2.45, 2.75) is 6.18 Å². The second-order valence-corrected chi connectivity index (χ2v) is 5.58. The predicted molar refractivity (Wildman–Crippen MR) is 81.8 cm³/mol. The van der Waals surface area contributed by atoms with Crippen molar-refractivity contribution in [2.24, 2.45) is 0 Å². The van der Waals surface area contributed by atoms with Gasteiger partial charge in [-0.25, -0.2) is 4.98 Å². The van der Waals surface area contributed by atoms with E-state index in [1.807, 2.05) is 12.1 Å². The molecule has 0 aliphatic heterocycles. The molecule has 0 bridgehead atoms. The summed E-state index contributed by atoms with van der Waals surface area (Å²) >= 11 is 3.34. The number of amides is 1. The van der Waals surface area contributed by atoms with Crippen molar-refractivity contribution >= 4 is 38.6 Å². The van der Waals surface area contributed by atoms with E-state index in [0.29, 0.717) is 11.4 Å². The quantitative estimate of drug-likeness (QED) is 0.692. The van der Waals surface area contributed by atoms with Crippen LogP contribution in [0.2, 0.25) is 0 Å². The minimum atomic E-state index is -4.95. The number of anilines is 1. The van der Waals surface area contributed by atoms with E-state index in [4.69, 9.17) is 4.42 Å². The van der Waals surface area contributed by atoms with Crippen molar-refractivity contribution < 1.29 is 22.4 Å². The van der Waals surface area contributed by atoms with Crippen molar-refractivity contribution in [1.29, 1.82) is 0 Å². The fraction of sp³-hybridized carbons (Fsp3) is 0.0667. The zero-order chi connectivity index (χ0) is 16.6. The number of fused-ring (bicyclic) bond motifs is 1. The summed E-state index contributed by atoms with van der Waals surface area (Å²) < 4.78 is 43.2. The number of carbonyl (C=O) groups is 1. The fourth-order valence-corrected chi connectivity index (χ4v) is 2.35. The Bertz CT molecular complexity index is 890. The molecule has 3 rings (SSSR count). The number of nitrogens with one attached hydrogen (secondary N) is 1. The van der Waals surface area contributed by atoms with Gasteiger partial charge in [-0.1, -0.05) is 22.0 Å². The Balaban J connectivity index is 1.94. The van der Waals surface area contributed by atoms with E-state index in [2.05, 4.69) is 20.9 Å². The standard InChI is InChI=1S/C15H8BrF3N2O2/c16-9-3-1-2-8(6-9)13-21-11-5-4-10(7-12(11)23-13)20-14(22)15(17,18)19/h1-7H,(H,20,22). The van der Waals surface area contributed by atoms with Crippen LogP contribution in [0.25, 0.3) is 22.6 Å². The van der Waals surface area contributed by atoms with Gasteiger partial charge >= 0.3 is 12.1 Å². The average molecular weight is 385 g/mol. The molecule has 1 amide bonds. The first kappa shape index (κ1) is 15.5. The summed E-state index contributed by atoms with van der Waals surface area (Å²) in [6, 6.07) is 11.4. The van der Waals surface area contributed by atoms with Crippen molar-refractivity contribution in [2.75, 3.05) is 5.32 Å². The van der Waals surface area contributed by atoms with Gasteiger partial charge < -0.3 is 9.73 Å². The smallest absolute Gasteiger partial charge is 0.436 e. The summed E-state index contributed by atoms with van der Waals surface area (Å²) in [4.78, 5) is 15.2.